The Kier molecular flexibility index (Phi) is 6.81. The lowest BCUT2D eigenvalue weighted by Crippen LogP contribution is -2.39. The third kappa shape index (κ3) is 4.80. The van der Waals surface area contributed by atoms with E-state index in [2.05, 4.69) is 88.0 Å². The first-order valence-electron chi connectivity index (χ1n) is 10.5. The van der Waals surface area contributed by atoms with Gasteiger partial charge in [-0.05, 0) is 71.2 Å². The molecule has 1 aliphatic carbocycles. The van der Waals surface area contributed by atoms with Crippen molar-refractivity contribution in [3.05, 3.63) is 99.1 Å². The van der Waals surface area contributed by atoms with Gasteiger partial charge in [-0.1, -0.05) is 70.6 Å². The average molecular weight is 450 g/mol. The van der Waals surface area contributed by atoms with Crippen molar-refractivity contribution in [2.75, 3.05) is 19.7 Å². The highest BCUT2D eigenvalue weighted by molar-refractivity contribution is 9.10. The zero-order valence-corrected chi connectivity index (χ0v) is 18.3. The number of rotatable bonds is 7. The van der Waals surface area contributed by atoms with Gasteiger partial charge in [0.15, 0.2) is 0 Å². The first-order chi connectivity index (χ1) is 14.3. The number of aliphatic hydroxyl groups is 1. The first-order valence-corrected chi connectivity index (χ1v) is 11.3. The summed E-state index contributed by atoms with van der Waals surface area (Å²) < 4.78 is 1.09. The van der Waals surface area contributed by atoms with Crippen molar-refractivity contribution in [3.8, 4) is 0 Å². The lowest BCUT2D eigenvalue weighted by Gasteiger charge is -2.28. The highest BCUT2D eigenvalue weighted by Crippen LogP contribution is 2.36. The lowest BCUT2D eigenvalue weighted by molar-refractivity contribution is 0.289. The molecule has 0 atom stereocenters. The monoisotopic (exact) mass is 449 g/mol. The van der Waals surface area contributed by atoms with E-state index in [0.717, 1.165) is 43.2 Å². The zero-order chi connectivity index (χ0) is 20.1. The van der Waals surface area contributed by atoms with Gasteiger partial charge >= 0.3 is 0 Å². The molecule has 0 spiro atoms. The minimum absolute atomic E-state index is 0.210. The molecular weight excluding hydrogens is 422 g/mol. The zero-order valence-electron chi connectivity index (χ0n) is 16.7. The summed E-state index contributed by atoms with van der Waals surface area (Å²) in [5.74, 6) is 0.641. The molecule has 2 aromatic rings. The Morgan fingerprint density at radius 2 is 1.66 bits per heavy atom. The van der Waals surface area contributed by atoms with Crippen molar-refractivity contribution >= 4 is 21.5 Å². The quantitative estimate of drug-likeness (QED) is 0.544. The van der Waals surface area contributed by atoms with Crippen molar-refractivity contribution in [2.45, 2.75) is 31.6 Å². The maximum Gasteiger partial charge on any atom is 0.0434 e. The summed E-state index contributed by atoms with van der Waals surface area (Å²) >= 11 is 3.57. The molecule has 2 N–H and O–H groups in total. The average Bonchev–Trinajstić information content (AvgIpc) is 2.72. The summed E-state index contributed by atoms with van der Waals surface area (Å²) in [6.45, 7) is 2.37. The second-order valence-electron chi connectivity index (χ2n) is 7.80. The van der Waals surface area contributed by atoms with E-state index in [9.17, 15) is 5.11 Å². The summed E-state index contributed by atoms with van der Waals surface area (Å²) in [7, 11) is 0. The van der Waals surface area contributed by atoms with Crippen LogP contribution in [0.25, 0.3) is 5.57 Å². The molecule has 0 radical (unpaired) electrons. The Morgan fingerprint density at radius 3 is 2.21 bits per heavy atom. The summed E-state index contributed by atoms with van der Waals surface area (Å²) in [5.41, 5.74) is 7.79. The number of benzene rings is 2. The molecule has 0 unspecified atom stereocenters. The topological polar surface area (TPSA) is 32.3 Å². The molecule has 0 aromatic heterocycles. The fourth-order valence-electron chi connectivity index (χ4n) is 4.08. The Morgan fingerprint density at radius 1 is 0.966 bits per heavy atom. The van der Waals surface area contributed by atoms with E-state index < -0.39 is 0 Å². The van der Waals surface area contributed by atoms with E-state index in [-0.39, 0.29) is 6.61 Å². The predicted molar refractivity (Wildman–Crippen MR) is 125 cm³/mol. The van der Waals surface area contributed by atoms with Crippen molar-refractivity contribution in [3.63, 3.8) is 0 Å². The molecule has 150 valence electrons. The maximum absolute atomic E-state index is 9.53. The number of hydrogen-bond donors (Lipinski definition) is 2. The van der Waals surface area contributed by atoms with Gasteiger partial charge < -0.3 is 10.4 Å². The van der Waals surface area contributed by atoms with E-state index in [0.29, 0.717) is 5.92 Å². The molecule has 29 heavy (non-hydrogen) atoms. The summed E-state index contributed by atoms with van der Waals surface area (Å²) in [5, 5.41) is 12.9. The van der Waals surface area contributed by atoms with Crippen LogP contribution >= 0.6 is 15.9 Å². The Bertz CT molecular complexity index is 918. The van der Waals surface area contributed by atoms with Crippen molar-refractivity contribution < 1.29 is 5.11 Å². The van der Waals surface area contributed by atoms with Crippen LogP contribution in [0.15, 0.2) is 82.4 Å². The van der Waals surface area contributed by atoms with E-state index in [1.165, 1.54) is 33.4 Å². The van der Waals surface area contributed by atoms with Crippen LogP contribution in [0.1, 0.15) is 48.3 Å². The van der Waals surface area contributed by atoms with Gasteiger partial charge in [-0.2, -0.15) is 0 Å². The van der Waals surface area contributed by atoms with Crippen molar-refractivity contribution in [1.82, 2.24) is 5.32 Å². The lowest BCUT2D eigenvalue weighted by atomic mass is 9.84. The van der Waals surface area contributed by atoms with E-state index in [4.69, 9.17) is 0 Å². The van der Waals surface area contributed by atoms with Gasteiger partial charge in [-0.3, -0.25) is 0 Å². The predicted octanol–water partition coefficient (Wildman–Crippen LogP) is 5.99. The molecule has 2 aromatic carbocycles. The third-order valence-corrected chi connectivity index (χ3v) is 6.34. The van der Waals surface area contributed by atoms with E-state index in [1.54, 1.807) is 0 Å². The van der Waals surface area contributed by atoms with Gasteiger partial charge in [0.05, 0.1) is 0 Å². The fourth-order valence-corrected chi connectivity index (χ4v) is 4.35. The van der Waals surface area contributed by atoms with Crippen LogP contribution < -0.4 is 5.32 Å². The van der Waals surface area contributed by atoms with Crippen LogP contribution in [0.3, 0.4) is 0 Å². The van der Waals surface area contributed by atoms with Crippen molar-refractivity contribution in [2.24, 2.45) is 0 Å². The van der Waals surface area contributed by atoms with Gasteiger partial charge in [-0.25, -0.2) is 0 Å². The molecule has 1 heterocycles. The fraction of sp³-hybridized carbons (Fsp3) is 0.308. The largest absolute Gasteiger partial charge is 0.396 e. The second-order valence-corrected chi connectivity index (χ2v) is 8.72. The molecule has 0 saturated carbocycles. The maximum atomic E-state index is 9.53. The Labute approximate surface area is 182 Å². The summed E-state index contributed by atoms with van der Waals surface area (Å²) in [4.78, 5) is 0. The van der Waals surface area contributed by atoms with Gasteiger partial charge in [0.1, 0.15) is 0 Å². The summed E-state index contributed by atoms with van der Waals surface area (Å²) in [6, 6.07) is 17.7. The van der Waals surface area contributed by atoms with Crippen LogP contribution in [0.2, 0.25) is 0 Å². The van der Waals surface area contributed by atoms with Gasteiger partial charge in [-0.15, -0.1) is 0 Å². The van der Waals surface area contributed by atoms with Crippen LogP contribution in [0, 0.1) is 0 Å². The first kappa shape index (κ1) is 20.3. The summed E-state index contributed by atoms with van der Waals surface area (Å²) in [6.07, 6.45) is 10.7. The molecule has 3 heteroatoms. The Hall–Kier alpha value is -1.94. The van der Waals surface area contributed by atoms with Crippen LogP contribution in [-0.2, 0) is 0 Å². The number of halogens is 1. The molecule has 1 saturated heterocycles. The molecule has 0 bridgehead atoms. The van der Waals surface area contributed by atoms with Gasteiger partial charge in [0, 0.05) is 30.1 Å². The third-order valence-electron chi connectivity index (χ3n) is 5.82. The Balaban J connectivity index is 1.83. The van der Waals surface area contributed by atoms with E-state index in [1.807, 2.05) is 0 Å². The standard InChI is InChI=1S/C26H28BrNO/c27-24-14-12-22(13-15-24)26(21-10-8-19(9-11-21)23-17-28-18-23)25(7-4-16-29)20-5-2-1-3-6-20/h2,5-6,8-15,23,28-29H,1,3-4,7,16-18H2/b26-25+. The molecular formula is C26H28BrNO. The van der Waals surface area contributed by atoms with Crippen LogP contribution in [0.4, 0.5) is 0 Å². The minimum atomic E-state index is 0.210. The highest BCUT2D eigenvalue weighted by atomic mass is 79.9. The normalized spacial score (nSPS) is 17.5. The molecule has 0 amide bonds. The molecule has 1 fully saturated rings. The molecule has 2 aliphatic rings. The van der Waals surface area contributed by atoms with Crippen LogP contribution in [0.5, 0.6) is 0 Å². The number of hydrogen-bond acceptors (Lipinski definition) is 2. The number of aliphatic hydroxyl groups excluding tert-OH is 1. The van der Waals surface area contributed by atoms with Crippen molar-refractivity contribution in [1.29, 1.82) is 0 Å². The minimum Gasteiger partial charge on any atom is -0.396 e. The number of nitrogens with one attached hydrogen (secondary N) is 1. The number of allylic oxidation sites excluding steroid dienone is 5. The molecule has 1 aliphatic heterocycles. The highest BCUT2D eigenvalue weighted by Gasteiger charge is 2.20. The van der Waals surface area contributed by atoms with Gasteiger partial charge in [0.2, 0.25) is 0 Å². The second kappa shape index (κ2) is 9.71. The molecule has 4 rings (SSSR count). The smallest absolute Gasteiger partial charge is 0.0434 e. The van der Waals surface area contributed by atoms with E-state index >= 15 is 0 Å². The molecule has 2 nitrogen and oxygen atoms in total. The SMILES string of the molecule is OCCC/C(C1=CCCC=C1)=C(\c1ccc(Br)cc1)c1ccc(C2CNC2)cc1. The van der Waals surface area contributed by atoms with Crippen LogP contribution in [-0.4, -0.2) is 24.8 Å². The van der Waals surface area contributed by atoms with Gasteiger partial charge in [0.25, 0.3) is 0 Å².